The fourth-order valence-electron chi connectivity index (χ4n) is 3.83. The Morgan fingerprint density at radius 2 is 2.05 bits per heavy atom. The Labute approximate surface area is 130 Å². The molecule has 116 valence electrons. The van der Waals surface area contributed by atoms with Crippen molar-refractivity contribution in [1.29, 1.82) is 0 Å². The smallest absolute Gasteiger partial charge is 0.126 e. The van der Waals surface area contributed by atoms with Crippen LogP contribution in [-0.4, -0.2) is 32.9 Å². The van der Waals surface area contributed by atoms with Crippen LogP contribution in [0.25, 0.3) is 0 Å². The van der Waals surface area contributed by atoms with Crippen molar-refractivity contribution in [3.63, 3.8) is 0 Å². The van der Waals surface area contributed by atoms with E-state index in [4.69, 9.17) is 4.84 Å². The van der Waals surface area contributed by atoms with Crippen LogP contribution >= 0.6 is 0 Å². The highest BCUT2D eigenvalue weighted by Gasteiger charge is 2.38. The third-order valence-electron chi connectivity index (χ3n) is 4.92. The Hall–Kier alpha value is -0.870. The summed E-state index contributed by atoms with van der Waals surface area (Å²) in [6.07, 6.45) is 14.0. The van der Waals surface area contributed by atoms with Gasteiger partial charge in [0.15, 0.2) is 0 Å². The molecule has 0 aromatic rings. The topological polar surface area (TPSA) is 29.5 Å². The molecule has 4 heteroatoms. The van der Waals surface area contributed by atoms with E-state index in [1.165, 1.54) is 36.8 Å². The lowest BCUT2D eigenvalue weighted by Gasteiger charge is -2.28. The van der Waals surface area contributed by atoms with Gasteiger partial charge in [0.25, 0.3) is 0 Å². The second-order valence-electron chi connectivity index (χ2n) is 6.35. The van der Waals surface area contributed by atoms with Gasteiger partial charge in [0, 0.05) is 28.7 Å². The van der Waals surface area contributed by atoms with Gasteiger partial charge in [-0.2, -0.15) is 0 Å². The second kappa shape index (κ2) is 6.09. The molecule has 1 aliphatic heterocycles. The van der Waals surface area contributed by atoms with Crippen molar-refractivity contribution in [3.05, 3.63) is 35.1 Å². The second-order valence-corrected chi connectivity index (χ2v) is 7.96. The summed E-state index contributed by atoms with van der Waals surface area (Å²) in [5.74, 6) is 1.02. The van der Waals surface area contributed by atoms with Gasteiger partial charge in [0.2, 0.25) is 0 Å². The summed E-state index contributed by atoms with van der Waals surface area (Å²) >= 11 is 0. The highest BCUT2D eigenvalue weighted by atomic mass is 32.2. The van der Waals surface area contributed by atoms with Crippen molar-refractivity contribution >= 4 is 10.8 Å². The van der Waals surface area contributed by atoms with Crippen LogP contribution in [0.15, 0.2) is 35.1 Å². The third kappa shape index (κ3) is 2.88. The van der Waals surface area contributed by atoms with E-state index in [2.05, 4.69) is 37.1 Å². The minimum atomic E-state index is -0.811. The summed E-state index contributed by atoms with van der Waals surface area (Å²) in [6.45, 7) is 4.30. The largest absolute Gasteiger partial charge is 0.410 e. The van der Waals surface area contributed by atoms with Gasteiger partial charge >= 0.3 is 0 Å². The van der Waals surface area contributed by atoms with E-state index in [1.54, 1.807) is 6.26 Å². The zero-order chi connectivity index (χ0) is 15.0. The molecule has 0 amide bonds. The van der Waals surface area contributed by atoms with Gasteiger partial charge in [-0.1, -0.05) is 31.1 Å². The molecule has 3 rings (SSSR count). The Bertz CT molecular complexity index is 529. The molecule has 0 spiro atoms. The van der Waals surface area contributed by atoms with Crippen molar-refractivity contribution in [2.45, 2.75) is 63.3 Å². The predicted octanol–water partition coefficient (Wildman–Crippen LogP) is 3.47. The Kier molecular flexibility index (Phi) is 4.36. The van der Waals surface area contributed by atoms with Crippen LogP contribution in [0.1, 0.15) is 46.0 Å². The number of hydrogen-bond acceptors (Lipinski definition) is 3. The summed E-state index contributed by atoms with van der Waals surface area (Å²) < 4.78 is 11.8. The maximum atomic E-state index is 11.8. The van der Waals surface area contributed by atoms with Gasteiger partial charge in [-0.05, 0) is 38.7 Å². The molecule has 0 N–H and O–H groups in total. The van der Waals surface area contributed by atoms with Crippen LogP contribution in [0.3, 0.4) is 0 Å². The number of nitrogens with zero attached hydrogens (tertiary/aromatic N) is 1. The summed E-state index contributed by atoms with van der Waals surface area (Å²) in [4.78, 5) is 6.09. The highest BCUT2D eigenvalue weighted by Crippen LogP contribution is 2.39. The van der Waals surface area contributed by atoms with Crippen molar-refractivity contribution < 1.29 is 9.05 Å². The van der Waals surface area contributed by atoms with Crippen LogP contribution in [0, 0.1) is 0 Å². The molecular weight excluding hydrogens is 282 g/mol. The standard InChI is InChI=1S/C17H25NO2S/c1-12-17(14-7-6-10-16(11-14)21(3)19)13(2)20-18(12)15-8-4-5-9-15/h6-7,10,12,15-16H,4-5,8-9,11H2,1-3H3. The molecule has 0 bridgehead atoms. The van der Waals surface area contributed by atoms with E-state index in [0.717, 1.165) is 12.2 Å². The fraction of sp³-hybridized carbons (Fsp3) is 0.647. The van der Waals surface area contributed by atoms with Gasteiger partial charge in [-0.3, -0.25) is 4.21 Å². The first-order valence-corrected chi connectivity index (χ1v) is 9.57. The zero-order valence-corrected chi connectivity index (χ0v) is 14.0. The number of rotatable bonds is 3. The average Bonchev–Trinajstić information content (AvgIpc) is 3.07. The van der Waals surface area contributed by atoms with E-state index in [1.807, 2.05) is 0 Å². The molecule has 3 atom stereocenters. The van der Waals surface area contributed by atoms with E-state index in [-0.39, 0.29) is 5.25 Å². The first-order chi connectivity index (χ1) is 10.1. The molecule has 1 heterocycles. The first kappa shape index (κ1) is 15.0. The number of allylic oxidation sites excluding steroid dienone is 3. The van der Waals surface area contributed by atoms with Gasteiger partial charge in [0.1, 0.15) is 5.76 Å². The lowest BCUT2D eigenvalue weighted by Crippen LogP contribution is -2.37. The highest BCUT2D eigenvalue weighted by molar-refractivity contribution is 7.85. The van der Waals surface area contributed by atoms with Crippen LogP contribution in [0.5, 0.6) is 0 Å². The molecule has 3 nitrogen and oxygen atoms in total. The predicted molar refractivity (Wildman–Crippen MR) is 87.0 cm³/mol. The molecule has 0 radical (unpaired) electrons. The van der Waals surface area contributed by atoms with E-state index >= 15 is 0 Å². The SMILES string of the molecule is CC1=C(C2=CC=CC(S(C)=O)C2)C(C)N(C2CCCC2)O1. The average molecular weight is 307 g/mol. The van der Waals surface area contributed by atoms with Crippen LogP contribution in [-0.2, 0) is 15.6 Å². The summed E-state index contributed by atoms with van der Waals surface area (Å²) in [7, 11) is -0.811. The third-order valence-corrected chi connectivity index (χ3v) is 6.10. The van der Waals surface area contributed by atoms with Gasteiger partial charge in [0.05, 0.1) is 11.3 Å². The van der Waals surface area contributed by atoms with Crippen molar-refractivity contribution in [2.24, 2.45) is 0 Å². The molecule has 3 unspecified atom stereocenters. The Morgan fingerprint density at radius 1 is 1.33 bits per heavy atom. The molecule has 1 saturated carbocycles. The minimum absolute atomic E-state index is 0.137. The molecule has 0 saturated heterocycles. The number of hydroxylamine groups is 2. The lowest BCUT2D eigenvalue weighted by atomic mass is 9.92. The maximum absolute atomic E-state index is 11.8. The van der Waals surface area contributed by atoms with Crippen molar-refractivity contribution in [2.75, 3.05) is 6.26 Å². The first-order valence-electron chi connectivity index (χ1n) is 7.95. The normalized spacial score (nSPS) is 32.4. The van der Waals surface area contributed by atoms with Crippen molar-refractivity contribution in [3.8, 4) is 0 Å². The van der Waals surface area contributed by atoms with Crippen LogP contribution in [0.4, 0.5) is 0 Å². The molecule has 21 heavy (non-hydrogen) atoms. The summed E-state index contributed by atoms with van der Waals surface area (Å²) in [6, 6.07) is 0.861. The fourth-order valence-corrected chi connectivity index (χ4v) is 4.55. The van der Waals surface area contributed by atoms with Crippen LogP contribution < -0.4 is 0 Å². The lowest BCUT2D eigenvalue weighted by molar-refractivity contribution is -0.144. The molecular formula is C17H25NO2S. The Balaban J connectivity index is 1.78. The van der Waals surface area contributed by atoms with Gasteiger partial charge in [-0.25, -0.2) is 0 Å². The van der Waals surface area contributed by atoms with E-state index < -0.39 is 10.8 Å². The molecule has 1 fully saturated rings. The monoisotopic (exact) mass is 307 g/mol. The van der Waals surface area contributed by atoms with E-state index in [0.29, 0.717) is 12.1 Å². The Morgan fingerprint density at radius 3 is 2.71 bits per heavy atom. The summed E-state index contributed by atoms with van der Waals surface area (Å²) in [5, 5.41) is 2.34. The van der Waals surface area contributed by atoms with Gasteiger partial charge in [-0.15, -0.1) is 5.06 Å². The molecule has 0 aromatic heterocycles. The molecule has 2 aliphatic carbocycles. The number of hydrogen-bond donors (Lipinski definition) is 0. The molecule has 3 aliphatic rings. The minimum Gasteiger partial charge on any atom is -0.410 e. The molecule has 0 aromatic carbocycles. The van der Waals surface area contributed by atoms with Crippen LogP contribution in [0.2, 0.25) is 0 Å². The summed E-state index contributed by atoms with van der Waals surface area (Å²) in [5.41, 5.74) is 2.60. The quantitative estimate of drug-likeness (QED) is 0.799. The van der Waals surface area contributed by atoms with E-state index in [9.17, 15) is 4.21 Å². The maximum Gasteiger partial charge on any atom is 0.126 e. The zero-order valence-electron chi connectivity index (χ0n) is 13.2. The van der Waals surface area contributed by atoms with Crippen molar-refractivity contribution in [1.82, 2.24) is 5.06 Å². The van der Waals surface area contributed by atoms with Gasteiger partial charge < -0.3 is 4.84 Å².